The Morgan fingerprint density at radius 1 is 1.27 bits per heavy atom. The SMILES string of the molecule is CN=C(NCc1ccc(OC)c(C)c1)NCc1ccnn1C. The molecule has 0 amide bonds. The third kappa shape index (κ3) is 4.00. The molecule has 0 spiro atoms. The summed E-state index contributed by atoms with van der Waals surface area (Å²) in [5.41, 5.74) is 3.41. The molecule has 118 valence electrons. The number of methoxy groups -OCH3 is 1. The third-order valence-corrected chi connectivity index (χ3v) is 3.50. The summed E-state index contributed by atoms with van der Waals surface area (Å²) in [5.74, 6) is 1.66. The van der Waals surface area contributed by atoms with Crippen molar-refractivity contribution < 1.29 is 4.74 Å². The number of nitrogens with zero attached hydrogens (tertiary/aromatic N) is 3. The lowest BCUT2D eigenvalue weighted by molar-refractivity contribution is 0.411. The van der Waals surface area contributed by atoms with Gasteiger partial charge in [-0.1, -0.05) is 12.1 Å². The summed E-state index contributed by atoms with van der Waals surface area (Å²) >= 11 is 0. The lowest BCUT2D eigenvalue weighted by Gasteiger charge is -2.13. The van der Waals surface area contributed by atoms with E-state index in [1.165, 1.54) is 5.56 Å². The van der Waals surface area contributed by atoms with Crippen LogP contribution in [0, 0.1) is 6.92 Å². The van der Waals surface area contributed by atoms with Gasteiger partial charge in [0.15, 0.2) is 5.96 Å². The van der Waals surface area contributed by atoms with Crippen molar-refractivity contribution in [1.29, 1.82) is 0 Å². The van der Waals surface area contributed by atoms with Gasteiger partial charge in [-0.3, -0.25) is 9.67 Å². The number of aryl methyl sites for hydroxylation is 2. The zero-order valence-electron chi connectivity index (χ0n) is 13.6. The minimum Gasteiger partial charge on any atom is -0.496 e. The molecule has 0 radical (unpaired) electrons. The number of nitrogens with one attached hydrogen (secondary N) is 2. The van der Waals surface area contributed by atoms with Crippen LogP contribution in [-0.2, 0) is 20.1 Å². The molecule has 6 heteroatoms. The summed E-state index contributed by atoms with van der Waals surface area (Å²) in [6, 6.07) is 8.12. The molecule has 1 aromatic carbocycles. The van der Waals surface area contributed by atoms with Gasteiger partial charge in [-0.05, 0) is 30.2 Å². The molecule has 0 unspecified atom stereocenters. The standard InChI is InChI=1S/C16H23N5O/c1-12-9-13(5-6-15(12)22-4)10-18-16(17-2)19-11-14-7-8-20-21(14)3/h5-9H,10-11H2,1-4H3,(H2,17,18,19). The van der Waals surface area contributed by atoms with E-state index in [1.807, 2.05) is 36.9 Å². The van der Waals surface area contributed by atoms with Crippen molar-refractivity contribution >= 4 is 5.96 Å². The molecule has 0 aliphatic heterocycles. The molecule has 2 aromatic rings. The minimum absolute atomic E-state index is 0.678. The van der Waals surface area contributed by atoms with E-state index in [-0.39, 0.29) is 0 Å². The van der Waals surface area contributed by atoms with E-state index in [0.29, 0.717) is 13.1 Å². The Hall–Kier alpha value is -2.50. The Morgan fingerprint density at radius 2 is 2.05 bits per heavy atom. The van der Waals surface area contributed by atoms with Crippen LogP contribution < -0.4 is 15.4 Å². The predicted octanol–water partition coefficient (Wildman–Crippen LogP) is 1.60. The number of guanidine groups is 1. The van der Waals surface area contributed by atoms with Crippen molar-refractivity contribution in [3.05, 3.63) is 47.3 Å². The van der Waals surface area contributed by atoms with Crippen molar-refractivity contribution in [2.45, 2.75) is 20.0 Å². The predicted molar refractivity (Wildman–Crippen MR) is 88.0 cm³/mol. The van der Waals surface area contributed by atoms with Crippen LogP contribution in [0.1, 0.15) is 16.8 Å². The van der Waals surface area contributed by atoms with Crippen LogP contribution >= 0.6 is 0 Å². The van der Waals surface area contributed by atoms with Gasteiger partial charge in [0.05, 0.1) is 19.3 Å². The largest absolute Gasteiger partial charge is 0.496 e. The summed E-state index contributed by atoms with van der Waals surface area (Å²) in [6.07, 6.45) is 1.79. The van der Waals surface area contributed by atoms with Gasteiger partial charge in [0, 0.05) is 26.8 Å². The maximum atomic E-state index is 5.27. The highest BCUT2D eigenvalue weighted by molar-refractivity contribution is 5.79. The molecule has 0 bridgehead atoms. The molecule has 2 rings (SSSR count). The molecule has 0 aliphatic rings. The Kier molecular flexibility index (Phi) is 5.41. The number of benzene rings is 1. The van der Waals surface area contributed by atoms with Crippen molar-refractivity contribution in [1.82, 2.24) is 20.4 Å². The van der Waals surface area contributed by atoms with Crippen LogP contribution in [-0.4, -0.2) is 29.9 Å². The number of aliphatic imine (C=N–C) groups is 1. The van der Waals surface area contributed by atoms with Gasteiger partial charge in [-0.15, -0.1) is 0 Å². The first-order valence-electron chi connectivity index (χ1n) is 7.19. The fourth-order valence-corrected chi connectivity index (χ4v) is 2.21. The molecule has 0 fully saturated rings. The summed E-state index contributed by atoms with van der Waals surface area (Å²) in [4.78, 5) is 4.23. The lowest BCUT2D eigenvalue weighted by Crippen LogP contribution is -2.36. The normalized spacial score (nSPS) is 11.4. The Labute approximate surface area is 131 Å². The van der Waals surface area contributed by atoms with E-state index in [9.17, 15) is 0 Å². The number of hydrogen-bond acceptors (Lipinski definition) is 3. The molecule has 2 N–H and O–H groups in total. The summed E-state index contributed by atoms with van der Waals surface area (Å²) in [5, 5.41) is 10.7. The lowest BCUT2D eigenvalue weighted by atomic mass is 10.1. The van der Waals surface area contributed by atoms with Gasteiger partial charge in [0.2, 0.25) is 0 Å². The van der Waals surface area contributed by atoms with Gasteiger partial charge in [-0.25, -0.2) is 0 Å². The molecular weight excluding hydrogens is 278 g/mol. The first-order chi connectivity index (χ1) is 10.6. The third-order valence-electron chi connectivity index (χ3n) is 3.50. The van der Waals surface area contributed by atoms with Gasteiger partial charge in [0.1, 0.15) is 5.75 Å². The van der Waals surface area contributed by atoms with Crippen LogP contribution in [0.3, 0.4) is 0 Å². The fourth-order valence-electron chi connectivity index (χ4n) is 2.21. The molecule has 1 aromatic heterocycles. The zero-order valence-corrected chi connectivity index (χ0v) is 13.6. The highest BCUT2D eigenvalue weighted by Crippen LogP contribution is 2.18. The second-order valence-corrected chi connectivity index (χ2v) is 5.03. The summed E-state index contributed by atoms with van der Waals surface area (Å²) < 4.78 is 7.11. The molecule has 22 heavy (non-hydrogen) atoms. The number of hydrogen-bond donors (Lipinski definition) is 2. The van der Waals surface area contributed by atoms with Gasteiger partial charge >= 0.3 is 0 Å². The monoisotopic (exact) mass is 301 g/mol. The topological polar surface area (TPSA) is 63.5 Å². The van der Waals surface area contributed by atoms with Gasteiger partial charge < -0.3 is 15.4 Å². The first kappa shape index (κ1) is 15.9. The number of aromatic nitrogens is 2. The van der Waals surface area contributed by atoms with Crippen molar-refractivity contribution in [2.24, 2.45) is 12.0 Å². The molecule has 0 atom stereocenters. The minimum atomic E-state index is 0.678. The van der Waals surface area contributed by atoms with Crippen LogP contribution in [0.15, 0.2) is 35.5 Å². The van der Waals surface area contributed by atoms with E-state index < -0.39 is 0 Å². The fraction of sp³-hybridized carbons (Fsp3) is 0.375. The van der Waals surface area contributed by atoms with Crippen LogP contribution in [0.5, 0.6) is 5.75 Å². The molecule has 1 heterocycles. The van der Waals surface area contributed by atoms with Crippen molar-refractivity contribution in [2.75, 3.05) is 14.2 Å². The number of ether oxygens (including phenoxy) is 1. The highest BCUT2D eigenvalue weighted by Gasteiger charge is 2.03. The Bertz CT molecular complexity index is 648. The summed E-state index contributed by atoms with van der Waals surface area (Å²) in [6.45, 7) is 3.42. The maximum Gasteiger partial charge on any atom is 0.191 e. The number of rotatable bonds is 5. The second-order valence-electron chi connectivity index (χ2n) is 5.03. The smallest absolute Gasteiger partial charge is 0.191 e. The first-order valence-corrected chi connectivity index (χ1v) is 7.19. The van der Waals surface area contributed by atoms with Crippen LogP contribution in [0.25, 0.3) is 0 Å². The van der Waals surface area contributed by atoms with E-state index in [2.05, 4.69) is 26.8 Å². The Morgan fingerprint density at radius 3 is 2.64 bits per heavy atom. The molecule has 0 aliphatic carbocycles. The zero-order chi connectivity index (χ0) is 15.9. The summed E-state index contributed by atoms with van der Waals surface area (Å²) in [7, 11) is 5.37. The van der Waals surface area contributed by atoms with E-state index >= 15 is 0 Å². The van der Waals surface area contributed by atoms with Crippen LogP contribution in [0.4, 0.5) is 0 Å². The van der Waals surface area contributed by atoms with Gasteiger partial charge in [0.25, 0.3) is 0 Å². The van der Waals surface area contributed by atoms with E-state index in [0.717, 1.165) is 23.0 Å². The van der Waals surface area contributed by atoms with Crippen molar-refractivity contribution in [3.63, 3.8) is 0 Å². The Balaban J connectivity index is 1.88. The molecular formula is C16H23N5O. The maximum absolute atomic E-state index is 5.27. The van der Waals surface area contributed by atoms with E-state index in [1.54, 1.807) is 20.4 Å². The van der Waals surface area contributed by atoms with E-state index in [4.69, 9.17) is 4.74 Å². The highest BCUT2D eigenvalue weighted by atomic mass is 16.5. The molecule has 6 nitrogen and oxygen atoms in total. The average Bonchev–Trinajstić information content (AvgIpc) is 2.93. The van der Waals surface area contributed by atoms with Crippen molar-refractivity contribution in [3.8, 4) is 5.75 Å². The molecule has 0 saturated carbocycles. The average molecular weight is 301 g/mol. The molecule has 0 saturated heterocycles. The van der Waals surface area contributed by atoms with Crippen LogP contribution in [0.2, 0.25) is 0 Å². The quantitative estimate of drug-likeness (QED) is 0.650. The van der Waals surface area contributed by atoms with Gasteiger partial charge in [-0.2, -0.15) is 5.10 Å². The second kappa shape index (κ2) is 7.49.